The molecule has 1 aliphatic heterocycles. The van der Waals surface area contributed by atoms with Crippen molar-refractivity contribution >= 4 is 12.0 Å². The molecule has 0 aromatic heterocycles. The number of hydrogen-bond donors (Lipinski definition) is 2. The minimum absolute atomic E-state index is 0.00474. The molecule has 0 radical (unpaired) electrons. The van der Waals surface area contributed by atoms with Crippen LogP contribution < -0.4 is 19.5 Å². The number of carbonyl (C=O) groups is 2. The van der Waals surface area contributed by atoms with E-state index in [4.69, 9.17) is 18.9 Å². The number of aliphatic hydroxyl groups is 1. The van der Waals surface area contributed by atoms with Crippen molar-refractivity contribution in [3.8, 4) is 17.2 Å². The van der Waals surface area contributed by atoms with Crippen LogP contribution in [0.4, 0.5) is 4.79 Å². The number of likely N-dealkylation sites (tertiary alicyclic amines) is 1. The number of benzene rings is 1. The van der Waals surface area contributed by atoms with Gasteiger partial charge in [0, 0.05) is 19.2 Å². The fraction of sp³-hybridized carbons (Fsp3) is 0.619. The third-order valence-electron chi connectivity index (χ3n) is 4.49. The molecular weight excluding hydrogens is 392 g/mol. The van der Waals surface area contributed by atoms with Crippen molar-refractivity contribution in [3.05, 3.63) is 18.2 Å². The number of aliphatic hydroxyl groups excluding tert-OH is 1. The van der Waals surface area contributed by atoms with E-state index in [-0.39, 0.29) is 19.1 Å². The van der Waals surface area contributed by atoms with Crippen molar-refractivity contribution in [2.75, 3.05) is 33.9 Å². The Kier molecular flexibility index (Phi) is 8.16. The molecule has 1 fully saturated rings. The fourth-order valence-electron chi connectivity index (χ4n) is 3.07. The van der Waals surface area contributed by atoms with E-state index in [1.807, 2.05) is 0 Å². The van der Waals surface area contributed by atoms with E-state index < -0.39 is 23.8 Å². The highest BCUT2D eigenvalue weighted by Gasteiger charge is 2.36. The Morgan fingerprint density at radius 2 is 1.93 bits per heavy atom. The second-order valence-corrected chi connectivity index (χ2v) is 8.06. The van der Waals surface area contributed by atoms with Gasteiger partial charge in [-0.1, -0.05) is 0 Å². The maximum Gasteiger partial charge on any atom is 0.410 e. The van der Waals surface area contributed by atoms with Gasteiger partial charge in [-0.2, -0.15) is 0 Å². The van der Waals surface area contributed by atoms with Crippen molar-refractivity contribution in [2.24, 2.45) is 0 Å². The average Bonchev–Trinajstić information content (AvgIpc) is 3.19. The van der Waals surface area contributed by atoms with E-state index >= 15 is 0 Å². The highest BCUT2D eigenvalue weighted by atomic mass is 16.6. The van der Waals surface area contributed by atoms with E-state index in [1.54, 1.807) is 46.1 Å². The quantitative estimate of drug-likeness (QED) is 0.657. The molecule has 2 atom stereocenters. The lowest BCUT2D eigenvalue weighted by atomic mass is 10.2. The molecule has 9 nitrogen and oxygen atoms in total. The summed E-state index contributed by atoms with van der Waals surface area (Å²) < 4.78 is 21.3. The lowest BCUT2D eigenvalue weighted by molar-refractivity contribution is -0.126. The molecule has 30 heavy (non-hydrogen) atoms. The first-order valence-electron chi connectivity index (χ1n) is 9.95. The van der Waals surface area contributed by atoms with Gasteiger partial charge < -0.3 is 29.4 Å². The number of nitrogens with one attached hydrogen (secondary N) is 1. The molecule has 0 bridgehead atoms. The Hall–Kier alpha value is -2.68. The smallest absolute Gasteiger partial charge is 0.410 e. The van der Waals surface area contributed by atoms with Gasteiger partial charge in [-0.05, 0) is 45.7 Å². The van der Waals surface area contributed by atoms with Crippen molar-refractivity contribution in [3.63, 3.8) is 0 Å². The zero-order valence-electron chi connectivity index (χ0n) is 18.3. The zero-order chi connectivity index (χ0) is 22.3. The van der Waals surface area contributed by atoms with Gasteiger partial charge in [0.05, 0.1) is 14.2 Å². The number of nitrogens with zero attached hydrogens (tertiary/aromatic N) is 1. The highest BCUT2D eigenvalue weighted by molar-refractivity contribution is 5.86. The average molecular weight is 424 g/mol. The molecule has 2 amide bonds. The van der Waals surface area contributed by atoms with Crippen LogP contribution in [-0.2, 0) is 9.53 Å². The second-order valence-electron chi connectivity index (χ2n) is 8.06. The minimum atomic E-state index is -0.918. The van der Waals surface area contributed by atoms with Crippen LogP contribution in [0.25, 0.3) is 0 Å². The maximum absolute atomic E-state index is 12.5. The second kappa shape index (κ2) is 10.4. The van der Waals surface area contributed by atoms with E-state index in [1.165, 1.54) is 12.0 Å². The van der Waals surface area contributed by atoms with Gasteiger partial charge >= 0.3 is 6.09 Å². The Balaban J connectivity index is 1.82. The van der Waals surface area contributed by atoms with E-state index in [9.17, 15) is 14.7 Å². The Morgan fingerprint density at radius 3 is 2.57 bits per heavy atom. The molecule has 1 heterocycles. The largest absolute Gasteiger partial charge is 0.493 e. The first-order valence-corrected chi connectivity index (χ1v) is 9.95. The maximum atomic E-state index is 12.5. The van der Waals surface area contributed by atoms with Crippen LogP contribution in [0.2, 0.25) is 0 Å². The first-order chi connectivity index (χ1) is 14.1. The van der Waals surface area contributed by atoms with Crippen molar-refractivity contribution in [2.45, 2.75) is 51.4 Å². The number of methoxy groups -OCH3 is 2. The van der Waals surface area contributed by atoms with Gasteiger partial charge in [-0.25, -0.2) is 4.79 Å². The summed E-state index contributed by atoms with van der Waals surface area (Å²) in [5.74, 6) is 1.28. The Morgan fingerprint density at radius 1 is 1.23 bits per heavy atom. The molecule has 168 valence electrons. The number of amides is 2. The molecule has 0 spiro atoms. The summed E-state index contributed by atoms with van der Waals surface area (Å²) >= 11 is 0. The first kappa shape index (κ1) is 23.6. The molecule has 0 saturated carbocycles. The normalized spacial score (nSPS) is 17.3. The summed E-state index contributed by atoms with van der Waals surface area (Å²) in [4.78, 5) is 26.3. The van der Waals surface area contributed by atoms with Crippen LogP contribution in [0.1, 0.15) is 33.6 Å². The van der Waals surface area contributed by atoms with Gasteiger partial charge in [-0.3, -0.25) is 9.69 Å². The molecule has 1 aliphatic rings. The lowest BCUT2D eigenvalue weighted by Crippen LogP contribution is -2.49. The number of hydrogen-bond acceptors (Lipinski definition) is 7. The molecule has 0 aliphatic carbocycles. The minimum Gasteiger partial charge on any atom is -0.493 e. The molecular formula is C21H32N2O7. The predicted molar refractivity (Wildman–Crippen MR) is 110 cm³/mol. The Bertz CT molecular complexity index is 733. The summed E-state index contributed by atoms with van der Waals surface area (Å²) in [7, 11) is 3.06. The number of carbonyl (C=O) groups excluding carboxylic acids is 2. The van der Waals surface area contributed by atoms with Crippen molar-refractivity contribution in [1.29, 1.82) is 0 Å². The molecule has 1 aromatic carbocycles. The topological polar surface area (TPSA) is 107 Å². The standard InChI is InChI=1S/C21H32N2O7/c1-21(2,3)30-20(26)23-10-6-7-16(23)19(25)22-12-14(24)13-29-15-8-9-17(27-4)18(11-15)28-5/h8-9,11,14,16,24H,6-7,10,12-13H2,1-5H3,(H,22,25)/t14-,16+/m1/s1. The van der Waals surface area contributed by atoms with Gasteiger partial charge in [-0.15, -0.1) is 0 Å². The van der Waals surface area contributed by atoms with Gasteiger partial charge in [0.2, 0.25) is 5.91 Å². The van der Waals surface area contributed by atoms with Crippen LogP contribution in [0.15, 0.2) is 18.2 Å². The molecule has 2 rings (SSSR count). The fourth-order valence-corrected chi connectivity index (χ4v) is 3.07. The van der Waals surface area contributed by atoms with E-state index in [0.717, 1.165) is 6.42 Å². The molecule has 1 aromatic rings. The summed E-state index contributed by atoms with van der Waals surface area (Å²) in [5, 5.41) is 12.8. The summed E-state index contributed by atoms with van der Waals surface area (Å²) in [6.45, 7) is 5.80. The molecule has 0 unspecified atom stereocenters. The van der Waals surface area contributed by atoms with Gasteiger partial charge in [0.1, 0.15) is 30.1 Å². The summed E-state index contributed by atoms with van der Waals surface area (Å²) in [6, 6.07) is 4.46. The summed E-state index contributed by atoms with van der Waals surface area (Å²) in [6.07, 6.45) is -0.137. The highest BCUT2D eigenvalue weighted by Crippen LogP contribution is 2.30. The van der Waals surface area contributed by atoms with E-state index in [2.05, 4.69) is 5.32 Å². The van der Waals surface area contributed by atoms with Gasteiger partial charge in [0.25, 0.3) is 0 Å². The Labute approximate surface area is 177 Å². The van der Waals surface area contributed by atoms with Crippen molar-refractivity contribution < 1.29 is 33.6 Å². The number of rotatable bonds is 8. The zero-order valence-corrected chi connectivity index (χ0v) is 18.3. The van der Waals surface area contributed by atoms with Crippen LogP contribution in [0.5, 0.6) is 17.2 Å². The van der Waals surface area contributed by atoms with E-state index in [0.29, 0.717) is 30.2 Å². The van der Waals surface area contributed by atoms with Crippen LogP contribution in [0.3, 0.4) is 0 Å². The van der Waals surface area contributed by atoms with Crippen LogP contribution in [0, 0.1) is 0 Å². The number of ether oxygens (including phenoxy) is 4. The van der Waals surface area contributed by atoms with Crippen LogP contribution >= 0.6 is 0 Å². The third-order valence-corrected chi connectivity index (χ3v) is 4.49. The van der Waals surface area contributed by atoms with Crippen molar-refractivity contribution in [1.82, 2.24) is 10.2 Å². The monoisotopic (exact) mass is 424 g/mol. The predicted octanol–water partition coefficient (Wildman–Crippen LogP) is 1.96. The summed E-state index contributed by atoms with van der Waals surface area (Å²) in [5.41, 5.74) is -0.627. The molecule has 1 saturated heterocycles. The van der Waals surface area contributed by atoms with Gasteiger partial charge in [0.15, 0.2) is 11.5 Å². The SMILES string of the molecule is COc1ccc(OC[C@H](O)CNC(=O)[C@@H]2CCCN2C(=O)OC(C)(C)C)cc1OC. The van der Waals surface area contributed by atoms with Crippen LogP contribution in [-0.4, -0.2) is 73.7 Å². The molecule has 2 N–H and O–H groups in total. The lowest BCUT2D eigenvalue weighted by Gasteiger charge is -2.28. The third kappa shape index (κ3) is 6.69. The molecule has 9 heteroatoms.